The molecule has 3 rings (SSSR count). The maximum Gasteiger partial charge on any atom is 0.329 e. The van der Waals surface area contributed by atoms with Crippen LogP contribution in [0.25, 0.3) is 0 Å². The average Bonchev–Trinajstić information content (AvgIpc) is 2.72. The molecule has 1 aromatic heterocycles. The highest BCUT2D eigenvalue weighted by Crippen LogP contribution is 2.21. The summed E-state index contributed by atoms with van der Waals surface area (Å²) < 4.78 is 5.37. The number of benzene rings is 1. The molecule has 1 aromatic carbocycles. The van der Waals surface area contributed by atoms with Crippen LogP contribution in [-0.4, -0.2) is 39.3 Å². The molecule has 27 heavy (non-hydrogen) atoms. The zero-order valence-electron chi connectivity index (χ0n) is 14.6. The monoisotopic (exact) mass is 369 g/mol. The van der Waals surface area contributed by atoms with E-state index in [9.17, 15) is 19.7 Å². The van der Waals surface area contributed by atoms with Crippen LogP contribution in [-0.2, 0) is 16.1 Å². The predicted molar refractivity (Wildman–Crippen MR) is 95.8 cm³/mol. The maximum absolute atomic E-state index is 12.7. The fraction of sp³-hybridized carbons (Fsp3) is 0.316. The van der Waals surface area contributed by atoms with E-state index in [0.717, 1.165) is 12.8 Å². The van der Waals surface area contributed by atoms with Gasteiger partial charge in [-0.2, -0.15) is 0 Å². The molecule has 1 amide bonds. The number of pyridine rings is 1. The van der Waals surface area contributed by atoms with Gasteiger partial charge in [-0.15, -0.1) is 0 Å². The van der Waals surface area contributed by atoms with E-state index >= 15 is 0 Å². The highest BCUT2D eigenvalue weighted by Gasteiger charge is 2.33. The predicted octanol–water partition coefficient (Wildman–Crippen LogP) is 2.73. The van der Waals surface area contributed by atoms with Crippen molar-refractivity contribution in [2.45, 2.75) is 31.9 Å². The second-order valence-corrected chi connectivity index (χ2v) is 6.28. The fourth-order valence-corrected chi connectivity index (χ4v) is 3.04. The van der Waals surface area contributed by atoms with Crippen LogP contribution in [0.3, 0.4) is 0 Å². The van der Waals surface area contributed by atoms with E-state index in [0.29, 0.717) is 24.1 Å². The SMILES string of the molecule is O=C(OCc1ccc([N+](=O)[O-])cc1)C1CCCCN1C(=O)c1cccnc1. The highest BCUT2D eigenvalue weighted by molar-refractivity contribution is 5.96. The second kappa shape index (κ2) is 8.39. The van der Waals surface area contributed by atoms with Crippen LogP contribution in [0, 0.1) is 10.1 Å². The average molecular weight is 369 g/mol. The summed E-state index contributed by atoms with van der Waals surface area (Å²) in [5, 5.41) is 10.7. The Labute approximate surface area is 155 Å². The number of hydrogen-bond acceptors (Lipinski definition) is 6. The van der Waals surface area contributed by atoms with Crippen LogP contribution < -0.4 is 0 Å². The number of aromatic nitrogens is 1. The zero-order chi connectivity index (χ0) is 19.2. The Balaban J connectivity index is 1.64. The molecule has 1 atom stereocenters. The van der Waals surface area contributed by atoms with Gasteiger partial charge in [-0.1, -0.05) is 0 Å². The maximum atomic E-state index is 12.7. The molecule has 8 nitrogen and oxygen atoms in total. The number of esters is 1. The molecule has 2 heterocycles. The van der Waals surface area contributed by atoms with Crippen molar-refractivity contribution in [1.29, 1.82) is 0 Å². The van der Waals surface area contributed by atoms with Gasteiger partial charge in [-0.3, -0.25) is 19.9 Å². The lowest BCUT2D eigenvalue weighted by Gasteiger charge is -2.34. The van der Waals surface area contributed by atoms with Gasteiger partial charge in [0.2, 0.25) is 0 Å². The normalized spacial score (nSPS) is 16.6. The Hall–Kier alpha value is -3.29. The van der Waals surface area contributed by atoms with Gasteiger partial charge in [0.15, 0.2) is 0 Å². The van der Waals surface area contributed by atoms with Crippen molar-refractivity contribution >= 4 is 17.6 Å². The minimum atomic E-state index is -0.635. The first-order valence-electron chi connectivity index (χ1n) is 8.67. The van der Waals surface area contributed by atoms with Gasteiger partial charge in [0, 0.05) is 31.1 Å². The molecule has 0 aliphatic carbocycles. The Morgan fingerprint density at radius 1 is 1.22 bits per heavy atom. The molecule has 140 valence electrons. The first-order valence-corrected chi connectivity index (χ1v) is 8.67. The van der Waals surface area contributed by atoms with Crippen molar-refractivity contribution in [2.24, 2.45) is 0 Å². The number of nitrogens with zero attached hydrogens (tertiary/aromatic N) is 3. The minimum absolute atomic E-state index is 0.00223. The molecular weight excluding hydrogens is 350 g/mol. The summed E-state index contributed by atoms with van der Waals surface area (Å²) in [6, 6.07) is 8.53. The molecule has 0 bridgehead atoms. The van der Waals surface area contributed by atoms with Crippen molar-refractivity contribution in [3.05, 3.63) is 70.0 Å². The van der Waals surface area contributed by atoms with E-state index in [1.807, 2.05) is 0 Å². The van der Waals surface area contributed by atoms with Crippen molar-refractivity contribution in [1.82, 2.24) is 9.88 Å². The minimum Gasteiger partial charge on any atom is -0.459 e. The van der Waals surface area contributed by atoms with Gasteiger partial charge in [0.25, 0.3) is 11.6 Å². The largest absolute Gasteiger partial charge is 0.459 e. The van der Waals surface area contributed by atoms with Gasteiger partial charge >= 0.3 is 5.97 Å². The number of likely N-dealkylation sites (tertiary alicyclic amines) is 1. The summed E-state index contributed by atoms with van der Waals surface area (Å²) in [5.41, 5.74) is 1.06. The molecule has 2 aromatic rings. The fourth-order valence-electron chi connectivity index (χ4n) is 3.04. The third kappa shape index (κ3) is 4.46. The van der Waals surface area contributed by atoms with Gasteiger partial charge in [0.05, 0.1) is 10.5 Å². The lowest BCUT2D eigenvalue weighted by Crippen LogP contribution is -2.48. The molecule has 0 spiro atoms. The standard InChI is InChI=1S/C19H19N3O5/c23-18(15-4-3-10-20-12-15)21-11-2-1-5-17(21)19(24)27-13-14-6-8-16(9-7-14)22(25)26/h3-4,6-10,12,17H,1-2,5,11,13H2. The second-order valence-electron chi connectivity index (χ2n) is 6.28. The first-order chi connectivity index (χ1) is 13.1. The Morgan fingerprint density at radius 3 is 2.67 bits per heavy atom. The summed E-state index contributed by atoms with van der Waals surface area (Å²) in [6.07, 6.45) is 5.29. The number of rotatable bonds is 5. The van der Waals surface area contributed by atoms with Crippen LogP contribution in [0.1, 0.15) is 35.2 Å². The molecule has 1 saturated heterocycles. The number of non-ortho nitro benzene ring substituents is 1. The Kier molecular flexibility index (Phi) is 5.75. The quantitative estimate of drug-likeness (QED) is 0.456. The van der Waals surface area contributed by atoms with Crippen LogP contribution >= 0.6 is 0 Å². The van der Waals surface area contributed by atoms with Gasteiger partial charge < -0.3 is 9.64 Å². The molecule has 0 radical (unpaired) electrons. The molecule has 0 N–H and O–H groups in total. The number of hydrogen-bond donors (Lipinski definition) is 0. The van der Waals surface area contributed by atoms with Crippen molar-refractivity contribution in [3.8, 4) is 0 Å². The first kappa shape index (κ1) is 18.5. The Bertz CT molecular complexity index is 823. The lowest BCUT2D eigenvalue weighted by molar-refractivity contribution is -0.384. The number of ether oxygens (including phenoxy) is 1. The number of nitro benzene ring substituents is 1. The zero-order valence-corrected chi connectivity index (χ0v) is 14.6. The van der Waals surface area contributed by atoms with E-state index in [1.165, 1.54) is 18.3 Å². The number of nitro groups is 1. The molecule has 1 unspecified atom stereocenters. The van der Waals surface area contributed by atoms with E-state index in [2.05, 4.69) is 4.98 Å². The smallest absolute Gasteiger partial charge is 0.329 e. The number of piperidine rings is 1. The summed E-state index contributed by atoms with van der Waals surface area (Å²) in [6.45, 7) is 0.493. The van der Waals surface area contributed by atoms with E-state index in [-0.39, 0.29) is 18.2 Å². The van der Waals surface area contributed by atoms with Crippen LogP contribution in [0.4, 0.5) is 5.69 Å². The van der Waals surface area contributed by atoms with E-state index in [4.69, 9.17) is 4.74 Å². The topological polar surface area (TPSA) is 103 Å². The number of amides is 1. The van der Waals surface area contributed by atoms with Crippen LogP contribution in [0.2, 0.25) is 0 Å². The lowest BCUT2D eigenvalue weighted by atomic mass is 10.0. The molecule has 0 saturated carbocycles. The van der Waals surface area contributed by atoms with Gasteiger partial charge in [0.1, 0.15) is 12.6 Å². The molecule has 1 fully saturated rings. The molecule has 1 aliphatic rings. The van der Waals surface area contributed by atoms with Crippen LogP contribution in [0.5, 0.6) is 0 Å². The van der Waals surface area contributed by atoms with E-state index < -0.39 is 16.9 Å². The van der Waals surface area contributed by atoms with Gasteiger partial charge in [-0.05, 0) is 49.1 Å². The van der Waals surface area contributed by atoms with Crippen molar-refractivity contribution in [3.63, 3.8) is 0 Å². The summed E-state index contributed by atoms with van der Waals surface area (Å²) >= 11 is 0. The molecule has 1 aliphatic heterocycles. The summed E-state index contributed by atoms with van der Waals surface area (Å²) in [7, 11) is 0. The number of carbonyl (C=O) groups is 2. The van der Waals surface area contributed by atoms with Crippen molar-refractivity contribution in [2.75, 3.05) is 6.54 Å². The van der Waals surface area contributed by atoms with Crippen LogP contribution in [0.15, 0.2) is 48.8 Å². The third-order valence-electron chi connectivity index (χ3n) is 4.47. The summed E-state index contributed by atoms with van der Waals surface area (Å²) in [4.78, 5) is 40.9. The molecular formula is C19H19N3O5. The Morgan fingerprint density at radius 2 is 2.00 bits per heavy atom. The highest BCUT2D eigenvalue weighted by atomic mass is 16.6. The summed E-state index contributed by atoms with van der Waals surface area (Å²) in [5.74, 6) is -0.703. The van der Waals surface area contributed by atoms with Crippen molar-refractivity contribution < 1.29 is 19.2 Å². The number of carbonyl (C=O) groups excluding carboxylic acids is 2. The molecule has 8 heteroatoms. The van der Waals surface area contributed by atoms with Gasteiger partial charge in [-0.25, -0.2) is 4.79 Å². The van der Waals surface area contributed by atoms with E-state index in [1.54, 1.807) is 35.4 Å². The third-order valence-corrected chi connectivity index (χ3v) is 4.47.